The number of aliphatic hydroxyl groups is 1. The van der Waals surface area contributed by atoms with E-state index in [1.807, 2.05) is 7.05 Å². The summed E-state index contributed by atoms with van der Waals surface area (Å²) in [6.45, 7) is 0.967. The van der Waals surface area contributed by atoms with Gasteiger partial charge in [0.1, 0.15) is 23.5 Å². The van der Waals surface area contributed by atoms with Crippen LogP contribution in [0.1, 0.15) is 35.1 Å². The van der Waals surface area contributed by atoms with Crippen molar-refractivity contribution in [1.29, 1.82) is 0 Å². The number of imidazole rings is 1. The number of ether oxygens (including phenoxy) is 1. The topological polar surface area (TPSA) is 67.6 Å². The van der Waals surface area contributed by atoms with Gasteiger partial charge in [-0.15, -0.1) is 0 Å². The SMILES string of the molecule is COc1ccc(F)cc1C(=O)N1CCCC(C(O)c2nccn2C)C1. The number of halogens is 1. The second kappa shape index (κ2) is 7.23. The molecule has 0 radical (unpaired) electrons. The fraction of sp³-hybridized carbons (Fsp3) is 0.444. The Morgan fingerprint density at radius 3 is 2.96 bits per heavy atom. The summed E-state index contributed by atoms with van der Waals surface area (Å²) in [6, 6.07) is 3.91. The van der Waals surface area contributed by atoms with Crippen LogP contribution in [0.3, 0.4) is 0 Å². The van der Waals surface area contributed by atoms with Crippen LogP contribution in [0.2, 0.25) is 0 Å². The van der Waals surface area contributed by atoms with Gasteiger partial charge in [0, 0.05) is 38.4 Å². The van der Waals surface area contributed by atoms with Crippen LogP contribution in [-0.4, -0.2) is 45.7 Å². The first-order valence-corrected chi connectivity index (χ1v) is 8.29. The van der Waals surface area contributed by atoms with Crippen molar-refractivity contribution in [3.05, 3.63) is 47.8 Å². The monoisotopic (exact) mass is 347 g/mol. The largest absolute Gasteiger partial charge is 0.496 e. The number of amides is 1. The minimum Gasteiger partial charge on any atom is -0.496 e. The number of benzene rings is 1. The molecule has 0 saturated carbocycles. The average molecular weight is 347 g/mol. The van der Waals surface area contributed by atoms with Crippen LogP contribution in [-0.2, 0) is 7.05 Å². The van der Waals surface area contributed by atoms with Gasteiger partial charge in [-0.25, -0.2) is 9.37 Å². The maximum absolute atomic E-state index is 13.6. The maximum Gasteiger partial charge on any atom is 0.257 e. The number of nitrogens with zero attached hydrogens (tertiary/aromatic N) is 3. The van der Waals surface area contributed by atoms with Gasteiger partial charge in [0.15, 0.2) is 0 Å². The van der Waals surface area contributed by atoms with Crippen LogP contribution in [0, 0.1) is 11.7 Å². The highest BCUT2D eigenvalue weighted by Crippen LogP contribution is 2.30. The number of aliphatic hydroxyl groups excluding tert-OH is 1. The Morgan fingerprint density at radius 1 is 1.48 bits per heavy atom. The fourth-order valence-electron chi connectivity index (χ4n) is 3.34. The van der Waals surface area contributed by atoms with E-state index in [4.69, 9.17) is 4.74 Å². The van der Waals surface area contributed by atoms with Crippen LogP contribution >= 0.6 is 0 Å². The number of carbonyl (C=O) groups is 1. The zero-order valence-electron chi connectivity index (χ0n) is 14.4. The molecule has 7 heteroatoms. The van der Waals surface area contributed by atoms with E-state index in [2.05, 4.69) is 4.98 Å². The van der Waals surface area contributed by atoms with Gasteiger partial charge in [0.05, 0.1) is 12.7 Å². The Balaban J connectivity index is 1.78. The lowest BCUT2D eigenvalue weighted by atomic mass is 9.91. The van der Waals surface area contributed by atoms with Gasteiger partial charge >= 0.3 is 0 Å². The molecule has 1 fully saturated rings. The number of hydrogen-bond donors (Lipinski definition) is 1. The summed E-state index contributed by atoms with van der Waals surface area (Å²) < 4.78 is 20.5. The quantitative estimate of drug-likeness (QED) is 0.920. The van der Waals surface area contributed by atoms with Crippen molar-refractivity contribution in [1.82, 2.24) is 14.5 Å². The zero-order valence-corrected chi connectivity index (χ0v) is 14.4. The normalized spacial score (nSPS) is 18.9. The Morgan fingerprint density at radius 2 is 2.28 bits per heavy atom. The third-order valence-corrected chi connectivity index (χ3v) is 4.71. The fourth-order valence-corrected chi connectivity index (χ4v) is 3.34. The number of hydrogen-bond acceptors (Lipinski definition) is 4. The lowest BCUT2D eigenvalue weighted by Gasteiger charge is -2.35. The van der Waals surface area contributed by atoms with Crippen molar-refractivity contribution in [2.75, 3.05) is 20.2 Å². The molecule has 1 N–H and O–H groups in total. The van der Waals surface area contributed by atoms with E-state index in [9.17, 15) is 14.3 Å². The molecule has 0 bridgehead atoms. The first kappa shape index (κ1) is 17.4. The van der Waals surface area contributed by atoms with E-state index in [1.54, 1.807) is 21.9 Å². The third-order valence-electron chi connectivity index (χ3n) is 4.71. The maximum atomic E-state index is 13.6. The van der Waals surface area contributed by atoms with Gasteiger partial charge in [-0.05, 0) is 31.0 Å². The molecule has 0 spiro atoms. The Hall–Kier alpha value is -2.41. The molecule has 1 aliphatic rings. The van der Waals surface area contributed by atoms with Crippen molar-refractivity contribution < 1.29 is 19.0 Å². The predicted molar refractivity (Wildman–Crippen MR) is 89.7 cm³/mol. The van der Waals surface area contributed by atoms with Gasteiger partial charge in [-0.1, -0.05) is 0 Å². The summed E-state index contributed by atoms with van der Waals surface area (Å²) in [7, 11) is 3.28. The summed E-state index contributed by atoms with van der Waals surface area (Å²) >= 11 is 0. The van der Waals surface area contributed by atoms with E-state index in [-0.39, 0.29) is 17.4 Å². The number of aryl methyl sites for hydroxylation is 1. The predicted octanol–water partition coefficient (Wildman–Crippen LogP) is 2.15. The van der Waals surface area contributed by atoms with Crippen LogP contribution < -0.4 is 4.74 Å². The highest BCUT2D eigenvalue weighted by atomic mass is 19.1. The highest BCUT2D eigenvalue weighted by Gasteiger charge is 2.32. The van der Waals surface area contributed by atoms with Crippen molar-refractivity contribution in [3.63, 3.8) is 0 Å². The van der Waals surface area contributed by atoms with Crippen molar-refractivity contribution >= 4 is 5.91 Å². The zero-order chi connectivity index (χ0) is 18.0. The van der Waals surface area contributed by atoms with Gasteiger partial charge < -0.3 is 19.3 Å². The first-order chi connectivity index (χ1) is 12.0. The standard InChI is InChI=1S/C18H22FN3O3/c1-21-9-7-20-17(21)16(23)12-4-3-8-22(11-12)18(24)14-10-13(19)5-6-15(14)25-2/h5-7,9-10,12,16,23H,3-4,8,11H2,1-2H3. The molecule has 134 valence electrons. The molecular weight excluding hydrogens is 325 g/mol. The third kappa shape index (κ3) is 3.51. The van der Waals surface area contributed by atoms with E-state index in [0.717, 1.165) is 12.8 Å². The molecule has 1 aromatic carbocycles. The molecule has 1 aliphatic heterocycles. The van der Waals surface area contributed by atoms with Crippen LogP contribution in [0.4, 0.5) is 4.39 Å². The molecule has 3 rings (SSSR count). The van der Waals surface area contributed by atoms with E-state index < -0.39 is 11.9 Å². The van der Waals surface area contributed by atoms with Crippen molar-refractivity contribution in [2.24, 2.45) is 13.0 Å². The summed E-state index contributed by atoms with van der Waals surface area (Å²) in [5.74, 6) is 0.0537. The molecule has 6 nitrogen and oxygen atoms in total. The molecule has 2 atom stereocenters. The van der Waals surface area contributed by atoms with Crippen molar-refractivity contribution in [2.45, 2.75) is 18.9 Å². The average Bonchev–Trinajstić information content (AvgIpc) is 3.06. The summed E-state index contributed by atoms with van der Waals surface area (Å²) in [5, 5.41) is 10.6. The number of aromatic nitrogens is 2. The van der Waals surface area contributed by atoms with E-state index in [1.165, 1.54) is 25.3 Å². The minimum atomic E-state index is -0.745. The van der Waals surface area contributed by atoms with Crippen LogP contribution in [0.15, 0.2) is 30.6 Å². The van der Waals surface area contributed by atoms with Gasteiger partial charge in [0.2, 0.25) is 0 Å². The minimum absolute atomic E-state index is 0.113. The Kier molecular flexibility index (Phi) is 5.03. The number of methoxy groups -OCH3 is 1. The van der Waals surface area contributed by atoms with Gasteiger partial charge in [-0.3, -0.25) is 4.79 Å². The van der Waals surface area contributed by atoms with Crippen LogP contribution in [0.25, 0.3) is 0 Å². The smallest absolute Gasteiger partial charge is 0.257 e. The summed E-state index contributed by atoms with van der Waals surface area (Å²) in [4.78, 5) is 18.7. The second-order valence-electron chi connectivity index (χ2n) is 6.34. The highest BCUT2D eigenvalue weighted by molar-refractivity contribution is 5.97. The molecule has 2 unspecified atom stereocenters. The molecule has 0 aliphatic carbocycles. The molecule has 1 saturated heterocycles. The number of carbonyl (C=O) groups excluding carboxylic acids is 1. The second-order valence-corrected chi connectivity index (χ2v) is 6.34. The van der Waals surface area contributed by atoms with E-state index in [0.29, 0.717) is 24.7 Å². The first-order valence-electron chi connectivity index (χ1n) is 8.29. The number of rotatable bonds is 4. The lowest BCUT2D eigenvalue weighted by Crippen LogP contribution is -2.42. The van der Waals surface area contributed by atoms with Crippen LogP contribution in [0.5, 0.6) is 5.75 Å². The molecular formula is C18H22FN3O3. The molecule has 2 heterocycles. The Labute approximate surface area is 145 Å². The number of likely N-dealkylation sites (tertiary alicyclic amines) is 1. The Bertz CT molecular complexity index is 762. The molecule has 25 heavy (non-hydrogen) atoms. The molecule has 1 aromatic heterocycles. The van der Waals surface area contributed by atoms with Gasteiger partial charge in [0.25, 0.3) is 5.91 Å². The lowest BCUT2D eigenvalue weighted by molar-refractivity contribution is 0.0356. The summed E-state index contributed by atoms with van der Waals surface area (Å²) in [6.07, 6.45) is 4.25. The number of piperidine rings is 1. The van der Waals surface area contributed by atoms with E-state index >= 15 is 0 Å². The summed E-state index contributed by atoms with van der Waals surface area (Å²) in [5.41, 5.74) is 0.203. The van der Waals surface area contributed by atoms with Crippen molar-refractivity contribution in [3.8, 4) is 5.75 Å². The molecule has 2 aromatic rings. The van der Waals surface area contributed by atoms with Gasteiger partial charge in [-0.2, -0.15) is 0 Å². The molecule has 1 amide bonds.